The first-order valence-corrected chi connectivity index (χ1v) is 21.4. The molecule has 6 rings (SSSR count). The Hall–Kier alpha value is -2.13. The number of rotatable bonds is 9. The van der Waals surface area contributed by atoms with Crippen molar-refractivity contribution < 1.29 is 17.3 Å². The van der Waals surface area contributed by atoms with Gasteiger partial charge in [-0.05, 0) is 78.9 Å². The topological polar surface area (TPSA) is 0 Å². The number of hydrogen-bond donors (Lipinski definition) is 0. The van der Waals surface area contributed by atoms with E-state index in [4.69, 9.17) is 0 Å². The molecule has 0 radical (unpaired) electrons. The maximum atomic E-state index is 4.57. The number of hydrogen-bond acceptors (Lipinski definition) is 0. The zero-order chi connectivity index (χ0) is 30.8. The van der Waals surface area contributed by atoms with Gasteiger partial charge in [-0.1, -0.05) is 130 Å². The Balaban J connectivity index is 0.000000231. The summed E-state index contributed by atoms with van der Waals surface area (Å²) in [5.74, 6) is 1.88. The zero-order valence-corrected chi connectivity index (χ0v) is 31.3. The van der Waals surface area contributed by atoms with E-state index in [1.165, 1.54) is 60.6 Å². The molecule has 0 heterocycles. The van der Waals surface area contributed by atoms with Gasteiger partial charge in [-0.25, -0.2) is 0 Å². The molecule has 5 aromatic rings. The Morgan fingerprint density at radius 1 is 0.533 bits per heavy atom. The van der Waals surface area contributed by atoms with Gasteiger partial charge in [0.15, 0.2) is 0 Å². The quantitative estimate of drug-likeness (QED) is 0.0803. The third-order valence-corrected chi connectivity index (χ3v) is 14.3. The summed E-state index contributed by atoms with van der Waals surface area (Å²) in [7, 11) is 3.06. The number of halogens is 1. The fourth-order valence-corrected chi connectivity index (χ4v) is 11.8. The predicted octanol–water partition coefficient (Wildman–Crippen LogP) is 9.77. The minimum atomic E-state index is -0.877. The molecule has 0 aromatic heterocycles. The normalized spacial score (nSPS) is 13.4. The molecule has 5 aromatic carbocycles. The molecule has 236 valence electrons. The van der Waals surface area contributed by atoms with Gasteiger partial charge in [0.1, 0.15) is 15.9 Å². The van der Waals surface area contributed by atoms with Crippen LogP contribution in [0.15, 0.2) is 152 Å². The second kappa shape index (κ2) is 21.6. The van der Waals surface area contributed by atoms with Gasteiger partial charge in [-0.15, -0.1) is 0 Å². The van der Waals surface area contributed by atoms with E-state index in [1.54, 1.807) is 10.6 Å². The summed E-state index contributed by atoms with van der Waals surface area (Å²) in [5, 5.41) is 7.44. The monoisotopic (exact) mass is 740 g/mol. The SMILES string of the molecule is C[C@@H](CC[PH+](c1ccccc1)c1ccccc1)C1CCCCC1.[CH3-].[Cl][Ru+].c1ccc([PH+](c2ccccc2)c2ccccc2)cc1. The molecular formula is C41H49ClP2Ru+2. The second-order valence-electron chi connectivity index (χ2n) is 11.6. The van der Waals surface area contributed by atoms with E-state index < -0.39 is 15.8 Å². The van der Waals surface area contributed by atoms with Crippen molar-refractivity contribution in [3.8, 4) is 0 Å². The Kier molecular flexibility index (Phi) is 17.9. The molecule has 0 unspecified atom stereocenters. The van der Waals surface area contributed by atoms with Gasteiger partial charge >= 0.3 is 27.0 Å². The molecule has 1 saturated carbocycles. The van der Waals surface area contributed by atoms with Gasteiger partial charge in [-0.2, -0.15) is 0 Å². The molecule has 0 N–H and O–H groups in total. The van der Waals surface area contributed by atoms with Crippen molar-refractivity contribution in [2.75, 3.05) is 6.16 Å². The van der Waals surface area contributed by atoms with Gasteiger partial charge in [0.25, 0.3) is 0 Å². The van der Waals surface area contributed by atoms with E-state index in [1.807, 2.05) is 17.3 Å². The van der Waals surface area contributed by atoms with E-state index in [2.05, 4.69) is 168 Å². The smallest absolute Gasteiger partial charge is 0.0620 e. The van der Waals surface area contributed by atoms with E-state index in [0.29, 0.717) is 0 Å². The number of benzene rings is 5. The molecule has 0 bridgehead atoms. The van der Waals surface area contributed by atoms with Crippen LogP contribution in [0.4, 0.5) is 0 Å². The molecular weight excluding hydrogens is 691 g/mol. The minimum absolute atomic E-state index is 0. The predicted molar refractivity (Wildman–Crippen MR) is 204 cm³/mol. The van der Waals surface area contributed by atoms with Crippen molar-refractivity contribution in [3.05, 3.63) is 159 Å². The van der Waals surface area contributed by atoms with Crippen LogP contribution in [0.5, 0.6) is 0 Å². The minimum Gasteiger partial charge on any atom is -0.0620 e. The average Bonchev–Trinajstić information content (AvgIpc) is 3.12. The standard InChI is InChI=1S/C22H29P.C18H15P.CH3.ClH.Ru/c1-19(20-11-5-2-6-12-20)17-18-23(21-13-7-3-8-14-21)22-15-9-4-10-16-22;1-4-10-16(11-5-1)19(17-12-6-2-7-13-17)18-14-8-3-9-15-18;;;/h3-4,7-10,13-16,19-20H,2,5-6,11-12,17-18H2,1H3;1-15H;1H3;1H;/q;;-1;;+2/p+1/t19-;;;;/m0..../s1. The summed E-state index contributed by atoms with van der Waals surface area (Å²) in [6, 6.07) is 54.9. The molecule has 1 fully saturated rings. The summed E-state index contributed by atoms with van der Waals surface area (Å²) in [6.07, 6.45) is 10.1. The van der Waals surface area contributed by atoms with Gasteiger partial charge in [0, 0.05) is 0 Å². The van der Waals surface area contributed by atoms with Crippen molar-refractivity contribution in [3.63, 3.8) is 0 Å². The van der Waals surface area contributed by atoms with Crippen molar-refractivity contribution >= 4 is 52.1 Å². The van der Waals surface area contributed by atoms with Crippen LogP contribution in [0, 0.1) is 19.3 Å². The first-order valence-electron chi connectivity index (χ1n) is 15.9. The Bertz CT molecular complexity index is 1280. The first-order chi connectivity index (χ1) is 21.8. The molecule has 4 heteroatoms. The van der Waals surface area contributed by atoms with Crippen LogP contribution >= 0.6 is 25.5 Å². The molecule has 1 aliphatic carbocycles. The maximum Gasteiger partial charge on any atom is 0.102 e. The van der Waals surface area contributed by atoms with Crippen LogP contribution in [0.2, 0.25) is 0 Å². The largest absolute Gasteiger partial charge is 0.102 e. The third kappa shape index (κ3) is 11.9. The van der Waals surface area contributed by atoms with Gasteiger partial charge < -0.3 is 7.43 Å². The van der Waals surface area contributed by atoms with Crippen molar-refractivity contribution in [2.24, 2.45) is 11.8 Å². The summed E-state index contributed by atoms with van der Waals surface area (Å²) < 4.78 is 0. The first kappa shape index (κ1) is 37.3. The van der Waals surface area contributed by atoms with Gasteiger partial charge in [-0.3, -0.25) is 0 Å². The maximum absolute atomic E-state index is 4.57. The van der Waals surface area contributed by atoms with Crippen molar-refractivity contribution in [2.45, 2.75) is 45.4 Å². The Morgan fingerprint density at radius 2 is 0.844 bits per heavy atom. The molecule has 0 spiro atoms. The van der Waals surface area contributed by atoms with Crippen LogP contribution < -0.4 is 26.5 Å². The summed E-state index contributed by atoms with van der Waals surface area (Å²) >= 11 is 1.82. The molecule has 0 saturated heterocycles. The van der Waals surface area contributed by atoms with E-state index in [-0.39, 0.29) is 7.43 Å². The van der Waals surface area contributed by atoms with Gasteiger partial charge in [0.05, 0.1) is 32.6 Å². The zero-order valence-electron chi connectivity index (χ0n) is 26.8. The van der Waals surface area contributed by atoms with Crippen LogP contribution in [-0.4, -0.2) is 6.16 Å². The Labute approximate surface area is 290 Å². The summed E-state index contributed by atoms with van der Waals surface area (Å²) in [6.45, 7) is 2.51. The molecule has 0 amide bonds. The molecule has 0 aliphatic heterocycles. The van der Waals surface area contributed by atoms with Crippen LogP contribution in [0.3, 0.4) is 0 Å². The van der Waals surface area contributed by atoms with Crippen molar-refractivity contribution in [1.82, 2.24) is 0 Å². The third-order valence-electron chi connectivity index (χ3n) is 8.74. The van der Waals surface area contributed by atoms with Crippen molar-refractivity contribution in [1.29, 1.82) is 0 Å². The summed E-state index contributed by atoms with van der Waals surface area (Å²) in [5.41, 5.74) is 0. The molecule has 45 heavy (non-hydrogen) atoms. The van der Waals surface area contributed by atoms with Crippen LogP contribution in [-0.2, 0) is 17.3 Å². The molecule has 0 nitrogen and oxygen atoms in total. The Morgan fingerprint density at radius 3 is 1.18 bits per heavy atom. The fourth-order valence-electron chi connectivity index (χ4n) is 6.36. The summed E-state index contributed by atoms with van der Waals surface area (Å²) in [4.78, 5) is 0. The van der Waals surface area contributed by atoms with Gasteiger partial charge in [0.2, 0.25) is 0 Å². The second-order valence-corrected chi connectivity index (χ2v) is 16.7. The molecule has 1 aliphatic rings. The average molecular weight is 740 g/mol. The van der Waals surface area contributed by atoms with E-state index in [0.717, 1.165) is 11.8 Å². The van der Waals surface area contributed by atoms with E-state index >= 15 is 0 Å². The van der Waals surface area contributed by atoms with E-state index in [9.17, 15) is 0 Å². The van der Waals surface area contributed by atoms with Crippen LogP contribution in [0.1, 0.15) is 45.4 Å². The molecule has 1 atom stereocenters. The fraction of sp³-hybridized carbons (Fsp3) is 0.244. The van der Waals surface area contributed by atoms with Crippen LogP contribution in [0.25, 0.3) is 0 Å².